The number of aryl methyl sites for hydroxylation is 1. The predicted octanol–water partition coefficient (Wildman–Crippen LogP) is 5.94. The number of rotatable bonds is 7. The zero-order valence-electron chi connectivity index (χ0n) is 17.2. The Morgan fingerprint density at radius 3 is 2.52 bits per heavy atom. The van der Waals surface area contributed by atoms with Gasteiger partial charge in [-0.25, -0.2) is 13.8 Å². The Morgan fingerprint density at radius 2 is 1.77 bits per heavy atom. The molecule has 1 saturated carbocycles. The van der Waals surface area contributed by atoms with E-state index in [-0.39, 0.29) is 30.1 Å². The van der Waals surface area contributed by atoms with Crippen molar-refractivity contribution in [2.24, 2.45) is 0 Å². The smallest absolute Gasteiger partial charge is 0.224 e. The van der Waals surface area contributed by atoms with E-state index >= 15 is 0 Å². The number of hydrogen-bond donors (Lipinski definition) is 2. The van der Waals surface area contributed by atoms with Gasteiger partial charge in [0.2, 0.25) is 5.91 Å². The fraction of sp³-hybridized carbons (Fsp3) is 0.333. The van der Waals surface area contributed by atoms with E-state index in [0.29, 0.717) is 11.9 Å². The van der Waals surface area contributed by atoms with Gasteiger partial charge >= 0.3 is 0 Å². The highest BCUT2D eigenvalue weighted by atomic mass is 19.1. The van der Waals surface area contributed by atoms with E-state index in [1.54, 1.807) is 0 Å². The molecule has 1 aliphatic rings. The van der Waals surface area contributed by atoms with E-state index in [9.17, 15) is 13.6 Å². The van der Waals surface area contributed by atoms with Crippen LogP contribution in [-0.2, 0) is 11.2 Å². The first-order chi connectivity index (χ1) is 15.1. The molecule has 0 unspecified atom stereocenters. The molecule has 0 atom stereocenters. The molecule has 1 fully saturated rings. The molecule has 7 heteroatoms. The average molecular weight is 425 g/mol. The molecule has 1 aromatic heterocycles. The Labute approximate surface area is 179 Å². The summed E-state index contributed by atoms with van der Waals surface area (Å²) in [6, 6.07) is 11.5. The summed E-state index contributed by atoms with van der Waals surface area (Å²) in [5, 5.41) is 6.41. The lowest BCUT2D eigenvalue weighted by Gasteiger charge is -2.23. The maximum atomic E-state index is 13.9. The van der Waals surface area contributed by atoms with Crippen molar-refractivity contribution in [3.05, 3.63) is 66.2 Å². The molecule has 5 nitrogen and oxygen atoms in total. The molecular formula is C24H25F2N3O2. The summed E-state index contributed by atoms with van der Waals surface area (Å²) in [6.45, 7) is 0. The van der Waals surface area contributed by atoms with E-state index in [1.807, 2.05) is 24.3 Å². The quantitative estimate of drug-likeness (QED) is 0.492. The van der Waals surface area contributed by atoms with Crippen LogP contribution in [0.25, 0.3) is 11.3 Å². The highest BCUT2D eigenvalue weighted by Gasteiger charge is 2.14. The van der Waals surface area contributed by atoms with Crippen molar-refractivity contribution in [2.45, 2.75) is 51.0 Å². The molecule has 2 N–H and O–H groups in total. The normalized spacial score (nSPS) is 14.4. The van der Waals surface area contributed by atoms with Gasteiger partial charge in [0.1, 0.15) is 11.6 Å². The minimum absolute atomic E-state index is 0.131. The molecule has 1 heterocycles. The third kappa shape index (κ3) is 5.69. The minimum atomic E-state index is -0.720. The summed E-state index contributed by atoms with van der Waals surface area (Å²) in [6.07, 6.45) is 8.10. The third-order valence-electron chi connectivity index (χ3n) is 5.46. The minimum Gasteiger partial charge on any atom is -0.441 e. The van der Waals surface area contributed by atoms with Gasteiger partial charge in [-0.2, -0.15) is 0 Å². The lowest BCUT2D eigenvalue weighted by molar-refractivity contribution is -0.116. The van der Waals surface area contributed by atoms with Crippen LogP contribution in [0.3, 0.4) is 0 Å². The van der Waals surface area contributed by atoms with Crippen molar-refractivity contribution in [2.75, 3.05) is 10.6 Å². The molecule has 1 aliphatic carbocycles. The number of halogens is 2. The average Bonchev–Trinajstić information content (AvgIpc) is 3.23. The molecule has 0 saturated heterocycles. The van der Waals surface area contributed by atoms with Crippen LogP contribution in [0.5, 0.6) is 0 Å². The Hall–Kier alpha value is -3.22. The van der Waals surface area contributed by atoms with Crippen LogP contribution in [-0.4, -0.2) is 16.9 Å². The topological polar surface area (TPSA) is 67.2 Å². The number of carbonyl (C=O) groups is 1. The van der Waals surface area contributed by atoms with Crippen molar-refractivity contribution in [3.63, 3.8) is 0 Å². The molecule has 2 aromatic carbocycles. The first-order valence-corrected chi connectivity index (χ1v) is 10.6. The van der Waals surface area contributed by atoms with Crippen LogP contribution in [0.1, 0.15) is 44.4 Å². The van der Waals surface area contributed by atoms with E-state index < -0.39 is 11.6 Å². The standard InChI is InChI=1S/C24H25F2N3O2/c25-16-6-11-20(21(26)14-16)22-15-27-24(31-22)13-12-23(30)29-19-9-7-18(8-10-19)28-17-4-2-1-3-5-17/h6-11,14-15,17,28H,1-5,12-13H2,(H,29,30). The Morgan fingerprint density at radius 1 is 1.03 bits per heavy atom. The number of hydrogen-bond acceptors (Lipinski definition) is 4. The van der Waals surface area contributed by atoms with Crippen LogP contribution < -0.4 is 10.6 Å². The second-order valence-corrected chi connectivity index (χ2v) is 7.85. The van der Waals surface area contributed by atoms with Crippen molar-refractivity contribution in [3.8, 4) is 11.3 Å². The fourth-order valence-electron chi connectivity index (χ4n) is 3.82. The number of carbonyl (C=O) groups excluding carboxylic acids is 1. The maximum Gasteiger partial charge on any atom is 0.224 e. The Kier molecular flexibility index (Phi) is 6.60. The molecule has 3 aromatic rings. The fourth-order valence-corrected chi connectivity index (χ4v) is 3.82. The number of benzene rings is 2. The van der Waals surface area contributed by atoms with Gasteiger partial charge in [-0.3, -0.25) is 4.79 Å². The van der Waals surface area contributed by atoms with Gasteiger partial charge in [-0.15, -0.1) is 0 Å². The van der Waals surface area contributed by atoms with Crippen LogP contribution in [0, 0.1) is 11.6 Å². The molecule has 31 heavy (non-hydrogen) atoms. The van der Waals surface area contributed by atoms with E-state index in [2.05, 4.69) is 15.6 Å². The molecule has 0 bridgehead atoms. The summed E-state index contributed by atoms with van der Waals surface area (Å²) in [7, 11) is 0. The first kappa shape index (κ1) is 21.0. The summed E-state index contributed by atoms with van der Waals surface area (Å²) in [5.41, 5.74) is 1.91. The van der Waals surface area contributed by atoms with Gasteiger partial charge in [0, 0.05) is 36.3 Å². The summed E-state index contributed by atoms with van der Waals surface area (Å²) >= 11 is 0. The molecule has 4 rings (SSSR count). The second-order valence-electron chi connectivity index (χ2n) is 7.85. The van der Waals surface area contributed by atoms with E-state index in [1.165, 1.54) is 44.4 Å². The molecule has 0 spiro atoms. The number of nitrogens with zero attached hydrogens (tertiary/aromatic N) is 1. The van der Waals surface area contributed by atoms with Crippen LogP contribution in [0.15, 0.2) is 53.1 Å². The largest absolute Gasteiger partial charge is 0.441 e. The number of aromatic nitrogens is 1. The zero-order valence-corrected chi connectivity index (χ0v) is 17.2. The number of amides is 1. The summed E-state index contributed by atoms with van der Waals surface area (Å²) in [4.78, 5) is 16.3. The highest BCUT2D eigenvalue weighted by Crippen LogP contribution is 2.25. The zero-order chi connectivity index (χ0) is 21.6. The maximum absolute atomic E-state index is 13.9. The summed E-state index contributed by atoms with van der Waals surface area (Å²) < 4.78 is 32.4. The first-order valence-electron chi connectivity index (χ1n) is 10.6. The van der Waals surface area contributed by atoms with Crippen LogP contribution in [0.4, 0.5) is 20.2 Å². The lowest BCUT2D eigenvalue weighted by atomic mass is 9.95. The number of nitrogens with one attached hydrogen (secondary N) is 2. The number of anilines is 2. The lowest BCUT2D eigenvalue weighted by Crippen LogP contribution is -2.22. The predicted molar refractivity (Wildman–Crippen MR) is 116 cm³/mol. The van der Waals surface area contributed by atoms with E-state index in [4.69, 9.17) is 4.42 Å². The van der Waals surface area contributed by atoms with Crippen LogP contribution in [0.2, 0.25) is 0 Å². The molecule has 0 aliphatic heterocycles. The van der Waals surface area contributed by atoms with Gasteiger partial charge in [-0.05, 0) is 49.2 Å². The van der Waals surface area contributed by atoms with Crippen LogP contribution >= 0.6 is 0 Å². The van der Waals surface area contributed by atoms with Gasteiger partial charge in [0.25, 0.3) is 0 Å². The molecular weight excluding hydrogens is 400 g/mol. The van der Waals surface area contributed by atoms with Gasteiger partial charge in [0.05, 0.1) is 11.8 Å². The highest BCUT2D eigenvalue weighted by molar-refractivity contribution is 5.90. The van der Waals surface area contributed by atoms with Crippen molar-refractivity contribution in [1.29, 1.82) is 0 Å². The van der Waals surface area contributed by atoms with Gasteiger partial charge in [0.15, 0.2) is 11.7 Å². The van der Waals surface area contributed by atoms with Gasteiger partial charge < -0.3 is 15.1 Å². The summed E-state index contributed by atoms with van der Waals surface area (Å²) in [5.74, 6) is -1.02. The second kappa shape index (κ2) is 9.73. The van der Waals surface area contributed by atoms with Crippen molar-refractivity contribution >= 4 is 17.3 Å². The number of oxazole rings is 1. The molecule has 0 radical (unpaired) electrons. The SMILES string of the molecule is O=C(CCc1ncc(-c2ccc(F)cc2F)o1)Nc1ccc(NC2CCCCC2)cc1. The Balaban J connectivity index is 1.27. The van der Waals surface area contributed by atoms with Crippen molar-refractivity contribution in [1.82, 2.24) is 4.98 Å². The monoisotopic (exact) mass is 425 g/mol. The molecule has 162 valence electrons. The molecule has 1 amide bonds. The third-order valence-corrected chi connectivity index (χ3v) is 5.46. The van der Waals surface area contributed by atoms with Gasteiger partial charge in [-0.1, -0.05) is 19.3 Å². The van der Waals surface area contributed by atoms with E-state index in [0.717, 1.165) is 23.5 Å². The Bertz CT molecular complexity index is 1030. The van der Waals surface area contributed by atoms with Crippen molar-refractivity contribution < 1.29 is 18.0 Å².